The predicted molar refractivity (Wildman–Crippen MR) is 100 cm³/mol. The van der Waals surface area contributed by atoms with Gasteiger partial charge < -0.3 is 9.80 Å². The maximum atomic E-state index is 13.0. The lowest BCUT2D eigenvalue weighted by Gasteiger charge is -2.38. The minimum absolute atomic E-state index is 0.0947. The van der Waals surface area contributed by atoms with Crippen LogP contribution >= 0.6 is 23.2 Å². The fourth-order valence-electron chi connectivity index (χ4n) is 3.93. The zero-order valence-corrected chi connectivity index (χ0v) is 16.7. The molecule has 2 aliphatic rings. The van der Waals surface area contributed by atoms with Crippen molar-refractivity contribution >= 4 is 35.0 Å². The minimum Gasteiger partial charge on any atom is -0.339 e. The summed E-state index contributed by atoms with van der Waals surface area (Å²) in [6, 6.07) is 4.64. The Hall–Kier alpha value is -1.47. The lowest BCUT2D eigenvalue weighted by atomic mass is 9.80. The van der Waals surface area contributed by atoms with E-state index >= 15 is 0 Å². The number of rotatable bonds is 2. The van der Waals surface area contributed by atoms with Crippen LogP contribution < -0.4 is 0 Å². The number of hydrogen-bond donors (Lipinski definition) is 0. The molecule has 154 valence electrons. The van der Waals surface area contributed by atoms with Gasteiger partial charge in [0.25, 0.3) is 5.91 Å². The number of halogens is 5. The van der Waals surface area contributed by atoms with Crippen molar-refractivity contribution in [3.8, 4) is 0 Å². The molecule has 1 aromatic rings. The van der Waals surface area contributed by atoms with Gasteiger partial charge in [-0.25, -0.2) is 0 Å². The largest absolute Gasteiger partial charge is 0.391 e. The molecule has 9 heteroatoms. The molecule has 0 radical (unpaired) electrons. The zero-order chi connectivity index (χ0) is 20.5. The van der Waals surface area contributed by atoms with E-state index in [1.54, 1.807) is 21.9 Å². The second kappa shape index (κ2) is 8.49. The van der Waals surface area contributed by atoms with Crippen LogP contribution in [0.1, 0.15) is 36.0 Å². The van der Waals surface area contributed by atoms with Gasteiger partial charge in [-0.3, -0.25) is 9.59 Å². The number of hydrogen-bond acceptors (Lipinski definition) is 2. The average Bonchev–Trinajstić information content (AvgIpc) is 2.66. The molecule has 1 heterocycles. The number of nitrogens with zero attached hydrogens (tertiary/aromatic N) is 2. The van der Waals surface area contributed by atoms with Gasteiger partial charge in [0, 0.05) is 37.1 Å². The molecule has 2 atom stereocenters. The normalized spacial score (nSPS) is 23.6. The number of benzene rings is 1. The van der Waals surface area contributed by atoms with Crippen molar-refractivity contribution in [3.05, 3.63) is 33.8 Å². The van der Waals surface area contributed by atoms with Crippen molar-refractivity contribution in [1.82, 2.24) is 9.80 Å². The van der Waals surface area contributed by atoms with E-state index in [1.165, 1.54) is 6.07 Å². The number of alkyl halides is 3. The van der Waals surface area contributed by atoms with E-state index in [2.05, 4.69) is 0 Å². The molecule has 2 fully saturated rings. The van der Waals surface area contributed by atoms with E-state index in [0.717, 1.165) is 0 Å². The van der Waals surface area contributed by atoms with Crippen LogP contribution in [0.4, 0.5) is 13.2 Å². The highest BCUT2D eigenvalue weighted by atomic mass is 35.5. The number of carbonyl (C=O) groups excluding carboxylic acids is 2. The van der Waals surface area contributed by atoms with Gasteiger partial charge in [0.15, 0.2) is 0 Å². The molecule has 2 unspecified atom stereocenters. The topological polar surface area (TPSA) is 40.6 Å². The summed E-state index contributed by atoms with van der Waals surface area (Å²) in [5.74, 6) is -2.47. The maximum absolute atomic E-state index is 13.0. The Morgan fingerprint density at radius 2 is 1.64 bits per heavy atom. The van der Waals surface area contributed by atoms with Gasteiger partial charge in [0.1, 0.15) is 0 Å². The fourth-order valence-corrected chi connectivity index (χ4v) is 4.42. The van der Waals surface area contributed by atoms with Crippen LogP contribution in [0.5, 0.6) is 0 Å². The van der Waals surface area contributed by atoms with Gasteiger partial charge in [-0.2, -0.15) is 13.2 Å². The van der Waals surface area contributed by atoms with Crippen LogP contribution in [0.3, 0.4) is 0 Å². The maximum Gasteiger partial charge on any atom is 0.391 e. The molecular weight excluding hydrogens is 416 g/mol. The summed E-state index contributed by atoms with van der Waals surface area (Å²) >= 11 is 11.9. The summed E-state index contributed by atoms with van der Waals surface area (Å²) in [5, 5.41) is 0.693. The lowest BCUT2D eigenvalue weighted by Crippen LogP contribution is -2.52. The molecule has 1 saturated heterocycles. The van der Waals surface area contributed by atoms with Crippen molar-refractivity contribution in [3.63, 3.8) is 0 Å². The first-order chi connectivity index (χ1) is 13.2. The molecule has 4 nitrogen and oxygen atoms in total. The Labute approximate surface area is 171 Å². The smallest absolute Gasteiger partial charge is 0.339 e. The van der Waals surface area contributed by atoms with Crippen molar-refractivity contribution in [2.45, 2.75) is 31.9 Å². The Morgan fingerprint density at radius 1 is 1.00 bits per heavy atom. The SMILES string of the molecule is O=C(c1ccc(Cl)cc1Cl)N1CCN(C(=O)C2CCCC(C(F)(F)F)C2)CC1. The summed E-state index contributed by atoms with van der Waals surface area (Å²) in [6.07, 6.45) is -3.39. The lowest BCUT2D eigenvalue weighted by molar-refractivity contribution is -0.187. The first kappa shape index (κ1) is 21.2. The molecule has 3 rings (SSSR count). The van der Waals surface area contributed by atoms with Crippen LogP contribution in [0.2, 0.25) is 10.0 Å². The Morgan fingerprint density at radius 3 is 2.25 bits per heavy atom. The standard InChI is InChI=1S/C19H21Cl2F3N2O2/c20-14-4-5-15(16(21)11-14)18(28)26-8-6-25(7-9-26)17(27)12-2-1-3-13(10-12)19(22,23)24/h4-5,11-13H,1-3,6-10H2. The summed E-state index contributed by atoms with van der Waals surface area (Å²) in [7, 11) is 0. The van der Waals surface area contributed by atoms with Crippen LogP contribution in [-0.2, 0) is 4.79 Å². The van der Waals surface area contributed by atoms with Crippen molar-refractivity contribution in [2.75, 3.05) is 26.2 Å². The van der Waals surface area contributed by atoms with E-state index in [4.69, 9.17) is 23.2 Å². The van der Waals surface area contributed by atoms with Crippen LogP contribution in [0, 0.1) is 11.8 Å². The van der Waals surface area contributed by atoms with E-state index < -0.39 is 18.0 Å². The molecule has 1 aliphatic carbocycles. The summed E-state index contributed by atoms with van der Waals surface area (Å²) in [5.41, 5.74) is 0.339. The highest BCUT2D eigenvalue weighted by Crippen LogP contribution is 2.40. The zero-order valence-electron chi connectivity index (χ0n) is 15.1. The fraction of sp³-hybridized carbons (Fsp3) is 0.579. The summed E-state index contributed by atoms with van der Waals surface area (Å²) in [6.45, 7) is 1.25. The summed E-state index contributed by atoms with van der Waals surface area (Å²) in [4.78, 5) is 28.5. The molecule has 1 aromatic carbocycles. The van der Waals surface area contributed by atoms with Crippen molar-refractivity contribution in [1.29, 1.82) is 0 Å². The highest BCUT2D eigenvalue weighted by molar-refractivity contribution is 6.36. The van der Waals surface area contributed by atoms with Gasteiger partial charge in [-0.1, -0.05) is 29.6 Å². The number of piperazine rings is 1. The van der Waals surface area contributed by atoms with Gasteiger partial charge in [0.2, 0.25) is 5.91 Å². The van der Waals surface area contributed by atoms with Gasteiger partial charge in [0.05, 0.1) is 16.5 Å². The highest BCUT2D eigenvalue weighted by Gasteiger charge is 2.44. The van der Waals surface area contributed by atoms with E-state index in [9.17, 15) is 22.8 Å². The Balaban J connectivity index is 1.57. The van der Waals surface area contributed by atoms with E-state index in [1.807, 2.05) is 0 Å². The van der Waals surface area contributed by atoms with Crippen LogP contribution in [-0.4, -0.2) is 54.0 Å². The third-order valence-electron chi connectivity index (χ3n) is 5.53. The van der Waals surface area contributed by atoms with Crippen LogP contribution in [0.25, 0.3) is 0 Å². The van der Waals surface area contributed by atoms with Gasteiger partial charge in [-0.15, -0.1) is 0 Å². The Bertz CT molecular complexity index is 749. The second-order valence-electron chi connectivity index (χ2n) is 7.34. The number of amides is 2. The monoisotopic (exact) mass is 436 g/mol. The van der Waals surface area contributed by atoms with Gasteiger partial charge >= 0.3 is 6.18 Å². The minimum atomic E-state index is -4.25. The molecule has 0 N–H and O–H groups in total. The van der Waals surface area contributed by atoms with E-state index in [-0.39, 0.29) is 29.7 Å². The second-order valence-corrected chi connectivity index (χ2v) is 8.19. The van der Waals surface area contributed by atoms with Crippen molar-refractivity contribution in [2.24, 2.45) is 11.8 Å². The molecule has 1 aliphatic heterocycles. The molecule has 0 bridgehead atoms. The quantitative estimate of drug-likeness (QED) is 0.676. The molecule has 1 saturated carbocycles. The third kappa shape index (κ3) is 4.74. The molecular formula is C19H21Cl2F3N2O2. The first-order valence-electron chi connectivity index (χ1n) is 9.26. The van der Waals surface area contributed by atoms with Crippen molar-refractivity contribution < 1.29 is 22.8 Å². The molecule has 2 amide bonds. The molecule has 28 heavy (non-hydrogen) atoms. The van der Waals surface area contributed by atoms with Gasteiger partial charge in [-0.05, 0) is 37.5 Å². The Kier molecular flexibility index (Phi) is 6.44. The summed E-state index contributed by atoms with van der Waals surface area (Å²) < 4.78 is 39.0. The first-order valence-corrected chi connectivity index (χ1v) is 10.0. The van der Waals surface area contributed by atoms with E-state index in [0.29, 0.717) is 49.6 Å². The van der Waals surface area contributed by atoms with Crippen LogP contribution in [0.15, 0.2) is 18.2 Å². The predicted octanol–water partition coefficient (Wildman–Crippen LogP) is 4.65. The number of carbonyl (C=O) groups is 2. The molecule has 0 spiro atoms. The molecule has 0 aromatic heterocycles. The average molecular weight is 437 g/mol. The third-order valence-corrected chi connectivity index (χ3v) is 6.07.